The molecule has 2 aromatic rings. The number of alkyl halides is 1. The molecule has 0 aliphatic carbocycles. The number of nitrogens with zero attached hydrogens (tertiary/aromatic N) is 1. The van der Waals surface area contributed by atoms with Crippen LogP contribution in [0.5, 0.6) is 0 Å². The highest BCUT2D eigenvalue weighted by molar-refractivity contribution is 6.17. The van der Waals surface area contributed by atoms with E-state index in [1.54, 1.807) is 12.4 Å². The minimum Gasteiger partial charge on any atom is -0.264 e. The van der Waals surface area contributed by atoms with Gasteiger partial charge in [-0.1, -0.05) is 6.07 Å². The van der Waals surface area contributed by atoms with Crippen molar-refractivity contribution in [2.75, 3.05) is 0 Å². The highest BCUT2D eigenvalue weighted by Gasteiger charge is 2.02. The second kappa shape index (κ2) is 4.41. The van der Waals surface area contributed by atoms with Crippen LogP contribution in [0.15, 0.2) is 42.7 Å². The molecule has 0 saturated carbocycles. The average molecular weight is 222 g/mol. The minimum absolute atomic E-state index is 0.271. The van der Waals surface area contributed by atoms with Crippen LogP contribution in [-0.4, -0.2) is 4.98 Å². The van der Waals surface area contributed by atoms with Gasteiger partial charge >= 0.3 is 0 Å². The van der Waals surface area contributed by atoms with Gasteiger partial charge in [0.25, 0.3) is 0 Å². The standard InChI is InChI=1S/C12H9ClFN/c13-7-9-4-11(6-12(14)5-9)10-2-1-3-15-8-10/h1-6,8H,7H2. The monoisotopic (exact) mass is 221 g/mol. The van der Waals surface area contributed by atoms with Crippen LogP contribution in [0.4, 0.5) is 4.39 Å². The van der Waals surface area contributed by atoms with Gasteiger partial charge in [-0.3, -0.25) is 4.98 Å². The Hall–Kier alpha value is -1.41. The maximum atomic E-state index is 13.2. The molecule has 3 heteroatoms. The molecule has 1 nitrogen and oxygen atoms in total. The second-order valence-corrected chi connectivity index (χ2v) is 3.49. The van der Waals surface area contributed by atoms with Gasteiger partial charge in [0.2, 0.25) is 0 Å². The van der Waals surface area contributed by atoms with E-state index in [0.717, 1.165) is 16.7 Å². The highest BCUT2D eigenvalue weighted by atomic mass is 35.5. The zero-order valence-corrected chi connectivity index (χ0v) is 8.71. The van der Waals surface area contributed by atoms with Gasteiger partial charge in [-0.05, 0) is 35.4 Å². The normalized spacial score (nSPS) is 10.3. The molecule has 1 heterocycles. The fourth-order valence-electron chi connectivity index (χ4n) is 1.43. The third kappa shape index (κ3) is 2.34. The lowest BCUT2D eigenvalue weighted by atomic mass is 10.1. The van der Waals surface area contributed by atoms with E-state index < -0.39 is 0 Å². The Labute approximate surface area is 92.5 Å². The van der Waals surface area contributed by atoms with Crippen molar-refractivity contribution in [2.24, 2.45) is 0 Å². The first-order valence-electron chi connectivity index (χ1n) is 4.55. The number of hydrogen-bond donors (Lipinski definition) is 0. The van der Waals surface area contributed by atoms with E-state index in [-0.39, 0.29) is 5.82 Å². The first kappa shape index (κ1) is 10.1. The molecule has 0 spiro atoms. The Balaban J connectivity index is 2.49. The maximum absolute atomic E-state index is 13.2. The molecule has 0 bridgehead atoms. The Morgan fingerprint density at radius 2 is 2.07 bits per heavy atom. The molecular weight excluding hydrogens is 213 g/mol. The van der Waals surface area contributed by atoms with Crippen LogP contribution in [0, 0.1) is 5.82 Å². The topological polar surface area (TPSA) is 12.9 Å². The van der Waals surface area contributed by atoms with Gasteiger partial charge in [-0.25, -0.2) is 4.39 Å². The van der Waals surface area contributed by atoms with Crippen molar-refractivity contribution in [3.8, 4) is 11.1 Å². The van der Waals surface area contributed by atoms with Gasteiger partial charge in [0.15, 0.2) is 0 Å². The first-order chi connectivity index (χ1) is 7.29. The van der Waals surface area contributed by atoms with Crippen molar-refractivity contribution in [1.82, 2.24) is 4.98 Å². The van der Waals surface area contributed by atoms with Crippen LogP contribution in [-0.2, 0) is 5.88 Å². The van der Waals surface area contributed by atoms with Gasteiger partial charge in [-0.15, -0.1) is 11.6 Å². The second-order valence-electron chi connectivity index (χ2n) is 3.22. The molecule has 0 aliphatic rings. The average Bonchev–Trinajstić information content (AvgIpc) is 2.29. The summed E-state index contributed by atoms with van der Waals surface area (Å²) in [5, 5.41) is 0. The van der Waals surface area contributed by atoms with Crippen LogP contribution in [0.25, 0.3) is 11.1 Å². The van der Waals surface area contributed by atoms with Crippen LogP contribution in [0.1, 0.15) is 5.56 Å². The SMILES string of the molecule is Fc1cc(CCl)cc(-c2cccnc2)c1. The molecular formula is C12H9ClFN. The van der Waals surface area contributed by atoms with Gasteiger partial charge in [-0.2, -0.15) is 0 Å². The van der Waals surface area contributed by atoms with E-state index in [9.17, 15) is 4.39 Å². The Kier molecular flexibility index (Phi) is 2.97. The molecule has 0 aliphatic heterocycles. The lowest BCUT2D eigenvalue weighted by Gasteiger charge is -2.03. The summed E-state index contributed by atoms with van der Waals surface area (Å²) in [7, 11) is 0. The van der Waals surface area contributed by atoms with Crippen LogP contribution < -0.4 is 0 Å². The molecule has 1 aromatic carbocycles. The van der Waals surface area contributed by atoms with Crippen molar-refractivity contribution in [2.45, 2.75) is 5.88 Å². The Morgan fingerprint density at radius 3 is 2.73 bits per heavy atom. The number of pyridine rings is 1. The molecule has 76 valence electrons. The summed E-state index contributed by atoms with van der Waals surface area (Å²) in [5.41, 5.74) is 2.47. The fourth-order valence-corrected chi connectivity index (χ4v) is 1.58. The third-order valence-corrected chi connectivity index (χ3v) is 2.42. The maximum Gasteiger partial charge on any atom is 0.124 e. The number of benzene rings is 1. The molecule has 0 fully saturated rings. The van der Waals surface area contributed by atoms with Crippen LogP contribution in [0.2, 0.25) is 0 Å². The molecule has 0 amide bonds. The zero-order chi connectivity index (χ0) is 10.7. The molecule has 0 radical (unpaired) electrons. The van der Waals surface area contributed by atoms with Gasteiger partial charge < -0.3 is 0 Å². The van der Waals surface area contributed by atoms with Crippen molar-refractivity contribution in [1.29, 1.82) is 0 Å². The quantitative estimate of drug-likeness (QED) is 0.706. The van der Waals surface area contributed by atoms with Gasteiger partial charge in [0, 0.05) is 23.8 Å². The molecule has 0 saturated heterocycles. The molecule has 2 rings (SSSR count). The smallest absolute Gasteiger partial charge is 0.124 e. The van der Waals surface area contributed by atoms with Gasteiger partial charge in [0.1, 0.15) is 5.82 Å². The van der Waals surface area contributed by atoms with Crippen molar-refractivity contribution < 1.29 is 4.39 Å². The van der Waals surface area contributed by atoms with E-state index >= 15 is 0 Å². The summed E-state index contributed by atoms with van der Waals surface area (Å²) in [6.45, 7) is 0. The minimum atomic E-state index is -0.271. The van der Waals surface area contributed by atoms with Crippen molar-refractivity contribution >= 4 is 11.6 Å². The summed E-state index contributed by atoms with van der Waals surface area (Å²) < 4.78 is 13.2. The van der Waals surface area contributed by atoms with E-state index in [2.05, 4.69) is 4.98 Å². The third-order valence-electron chi connectivity index (χ3n) is 2.11. The van der Waals surface area contributed by atoms with Crippen molar-refractivity contribution in [3.63, 3.8) is 0 Å². The number of hydrogen-bond acceptors (Lipinski definition) is 1. The molecule has 1 aromatic heterocycles. The lowest BCUT2D eigenvalue weighted by molar-refractivity contribution is 0.627. The van der Waals surface area contributed by atoms with E-state index in [0.29, 0.717) is 5.88 Å². The summed E-state index contributed by atoms with van der Waals surface area (Å²) in [6, 6.07) is 8.49. The summed E-state index contributed by atoms with van der Waals surface area (Å²) in [4.78, 5) is 3.99. The molecule has 15 heavy (non-hydrogen) atoms. The Bertz CT molecular complexity index is 456. The largest absolute Gasteiger partial charge is 0.264 e. The highest BCUT2D eigenvalue weighted by Crippen LogP contribution is 2.21. The molecule has 0 N–H and O–H groups in total. The predicted molar refractivity (Wildman–Crippen MR) is 59.2 cm³/mol. The number of rotatable bonds is 2. The lowest BCUT2D eigenvalue weighted by Crippen LogP contribution is -1.86. The summed E-state index contributed by atoms with van der Waals surface area (Å²) >= 11 is 5.68. The Morgan fingerprint density at radius 1 is 1.20 bits per heavy atom. The van der Waals surface area contributed by atoms with E-state index in [1.807, 2.05) is 18.2 Å². The molecule has 0 atom stereocenters. The molecule has 0 unspecified atom stereocenters. The van der Waals surface area contributed by atoms with Crippen LogP contribution >= 0.6 is 11.6 Å². The van der Waals surface area contributed by atoms with Gasteiger partial charge in [0.05, 0.1) is 0 Å². The fraction of sp³-hybridized carbons (Fsp3) is 0.0833. The predicted octanol–water partition coefficient (Wildman–Crippen LogP) is 3.63. The van der Waals surface area contributed by atoms with E-state index in [4.69, 9.17) is 11.6 Å². The first-order valence-corrected chi connectivity index (χ1v) is 5.09. The number of aromatic nitrogens is 1. The summed E-state index contributed by atoms with van der Waals surface area (Å²) in [5.74, 6) is 0.0392. The van der Waals surface area contributed by atoms with E-state index in [1.165, 1.54) is 12.1 Å². The van der Waals surface area contributed by atoms with Crippen LogP contribution in [0.3, 0.4) is 0 Å². The number of halogens is 2. The zero-order valence-electron chi connectivity index (χ0n) is 7.95. The summed E-state index contributed by atoms with van der Waals surface area (Å²) in [6.07, 6.45) is 3.39. The van der Waals surface area contributed by atoms with Crippen molar-refractivity contribution in [3.05, 3.63) is 54.1 Å².